The SMILES string of the molecule is CCCc1ccc(S(OC(=O)CC)(c2ccc(CCC)cc2)c2ccc(CCC)cc2)cc1. The average molecular weight is 463 g/mol. The smallest absolute Gasteiger partial charge is 0.316 e. The molecule has 0 saturated heterocycles. The summed E-state index contributed by atoms with van der Waals surface area (Å²) in [5.74, 6) is -0.169. The second kappa shape index (κ2) is 12.1. The van der Waals surface area contributed by atoms with Gasteiger partial charge in [0.15, 0.2) is 0 Å². The molecule has 0 atom stereocenters. The minimum atomic E-state index is -2.19. The van der Waals surface area contributed by atoms with Gasteiger partial charge < -0.3 is 4.18 Å². The molecule has 176 valence electrons. The molecule has 0 aliphatic rings. The van der Waals surface area contributed by atoms with E-state index in [-0.39, 0.29) is 5.97 Å². The first-order valence-electron chi connectivity index (χ1n) is 12.4. The summed E-state index contributed by atoms with van der Waals surface area (Å²) in [6, 6.07) is 26.2. The van der Waals surface area contributed by atoms with E-state index < -0.39 is 10.3 Å². The predicted molar refractivity (Wildman–Crippen MR) is 140 cm³/mol. The largest absolute Gasteiger partial charge is 0.402 e. The van der Waals surface area contributed by atoms with Crippen LogP contribution < -0.4 is 0 Å². The van der Waals surface area contributed by atoms with Crippen molar-refractivity contribution in [3.05, 3.63) is 89.5 Å². The highest BCUT2D eigenvalue weighted by atomic mass is 32.3. The number of hydrogen-bond acceptors (Lipinski definition) is 2. The first kappa shape index (κ1) is 25.1. The molecule has 2 nitrogen and oxygen atoms in total. The lowest BCUT2D eigenvalue weighted by Crippen LogP contribution is -2.13. The van der Waals surface area contributed by atoms with Crippen molar-refractivity contribution in [1.82, 2.24) is 0 Å². The third kappa shape index (κ3) is 5.89. The Balaban J connectivity index is 2.22. The van der Waals surface area contributed by atoms with E-state index in [1.807, 2.05) is 6.92 Å². The van der Waals surface area contributed by atoms with Crippen LogP contribution in [-0.2, 0) is 28.2 Å². The molecular weight excluding hydrogens is 424 g/mol. The van der Waals surface area contributed by atoms with Gasteiger partial charge in [-0.1, -0.05) is 83.4 Å². The lowest BCUT2D eigenvalue weighted by Gasteiger charge is -2.40. The van der Waals surface area contributed by atoms with Gasteiger partial charge in [-0.2, -0.15) is 0 Å². The van der Waals surface area contributed by atoms with Gasteiger partial charge in [-0.25, -0.2) is 0 Å². The first-order chi connectivity index (χ1) is 16.1. The molecule has 0 N–H and O–H groups in total. The normalized spacial score (nSPS) is 11.9. The monoisotopic (exact) mass is 462 g/mol. The Kier molecular flexibility index (Phi) is 9.20. The Labute approximate surface area is 201 Å². The third-order valence-corrected chi connectivity index (χ3v) is 9.13. The second-order valence-electron chi connectivity index (χ2n) is 8.55. The van der Waals surface area contributed by atoms with Crippen LogP contribution >= 0.6 is 10.3 Å². The molecular formula is C30H38O2S. The second-order valence-corrected chi connectivity index (χ2v) is 11.2. The number of carbonyl (C=O) groups is 1. The summed E-state index contributed by atoms with van der Waals surface area (Å²) in [4.78, 5) is 16.1. The fourth-order valence-electron chi connectivity index (χ4n) is 4.16. The molecule has 0 bridgehead atoms. The summed E-state index contributed by atoms with van der Waals surface area (Å²) in [6.07, 6.45) is 6.84. The standard InChI is InChI=1S/C30H38O2S/c1-5-9-24-12-18-27(19-13-24)33(32-30(31)8-4,28-20-14-25(10-6-2)15-21-28)29-22-16-26(11-7-3)17-23-29/h12-23H,5-11H2,1-4H3. The van der Waals surface area contributed by atoms with Gasteiger partial charge in [0.25, 0.3) is 0 Å². The van der Waals surface area contributed by atoms with Crippen molar-refractivity contribution >= 4 is 16.3 Å². The summed E-state index contributed by atoms with van der Waals surface area (Å²) >= 11 is 0. The fourth-order valence-corrected chi connectivity index (χ4v) is 7.22. The molecule has 3 rings (SSSR count). The van der Waals surface area contributed by atoms with Gasteiger partial charge in [0.1, 0.15) is 0 Å². The summed E-state index contributed by atoms with van der Waals surface area (Å²) in [7, 11) is -2.19. The van der Waals surface area contributed by atoms with Crippen LogP contribution in [0.2, 0.25) is 0 Å². The van der Waals surface area contributed by atoms with E-state index >= 15 is 0 Å². The van der Waals surface area contributed by atoms with Crippen molar-refractivity contribution in [2.45, 2.75) is 87.3 Å². The Hall–Kier alpha value is -2.52. The molecule has 0 radical (unpaired) electrons. The Morgan fingerprint density at radius 1 is 0.576 bits per heavy atom. The fraction of sp³-hybridized carbons (Fsp3) is 0.367. The minimum Gasteiger partial charge on any atom is -0.402 e. The maximum atomic E-state index is 12.9. The Morgan fingerprint density at radius 2 is 0.879 bits per heavy atom. The zero-order valence-corrected chi connectivity index (χ0v) is 21.4. The molecule has 0 fully saturated rings. The van der Waals surface area contributed by atoms with Gasteiger partial charge >= 0.3 is 5.97 Å². The number of hydrogen-bond donors (Lipinski definition) is 0. The van der Waals surface area contributed by atoms with Gasteiger partial charge in [0, 0.05) is 21.1 Å². The van der Waals surface area contributed by atoms with E-state index in [1.165, 1.54) is 16.7 Å². The molecule has 0 aromatic heterocycles. The Bertz CT molecular complexity index is 884. The molecule has 3 aromatic carbocycles. The Morgan fingerprint density at radius 3 is 1.12 bits per heavy atom. The molecule has 33 heavy (non-hydrogen) atoms. The topological polar surface area (TPSA) is 26.3 Å². The van der Waals surface area contributed by atoms with Crippen LogP contribution in [0.25, 0.3) is 0 Å². The number of rotatable bonds is 11. The highest BCUT2D eigenvalue weighted by Gasteiger charge is 2.35. The van der Waals surface area contributed by atoms with Crippen molar-refractivity contribution in [3.8, 4) is 0 Å². The molecule has 0 aliphatic heterocycles. The van der Waals surface area contributed by atoms with Crippen LogP contribution in [0, 0.1) is 0 Å². The van der Waals surface area contributed by atoms with Crippen molar-refractivity contribution in [3.63, 3.8) is 0 Å². The van der Waals surface area contributed by atoms with E-state index in [4.69, 9.17) is 4.18 Å². The number of carbonyl (C=O) groups excluding carboxylic acids is 1. The molecule has 0 heterocycles. The molecule has 0 amide bonds. The lowest BCUT2D eigenvalue weighted by molar-refractivity contribution is -0.133. The van der Waals surface area contributed by atoms with Crippen molar-refractivity contribution in [2.75, 3.05) is 0 Å². The minimum absolute atomic E-state index is 0.169. The van der Waals surface area contributed by atoms with Crippen LogP contribution in [-0.4, -0.2) is 5.97 Å². The molecule has 3 heteroatoms. The highest BCUT2D eigenvalue weighted by Crippen LogP contribution is 2.69. The highest BCUT2D eigenvalue weighted by molar-refractivity contribution is 8.30. The molecule has 3 aromatic rings. The maximum Gasteiger partial charge on any atom is 0.316 e. The summed E-state index contributed by atoms with van der Waals surface area (Å²) in [5.41, 5.74) is 3.94. The van der Waals surface area contributed by atoms with Gasteiger partial charge in [0.05, 0.1) is 0 Å². The van der Waals surface area contributed by atoms with E-state index in [0.717, 1.165) is 53.2 Å². The first-order valence-corrected chi connectivity index (χ1v) is 14.0. The van der Waals surface area contributed by atoms with Crippen molar-refractivity contribution in [1.29, 1.82) is 0 Å². The predicted octanol–water partition coefficient (Wildman–Crippen LogP) is 8.69. The molecule has 0 spiro atoms. The van der Waals surface area contributed by atoms with Gasteiger partial charge in [0.2, 0.25) is 0 Å². The van der Waals surface area contributed by atoms with E-state index in [2.05, 4.69) is 93.6 Å². The number of benzene rings is 3. The zero-order valence-electron chi connectivity index (χ0n) is 20.6. The van der Waals surface area contributed by atoms with Gasteiger partial charge in [-0.3, -0.25) is 4.79 Å². The van der Waals surface area contributed by atoms with Crippen LogP contribution in [0.1, 0.15) is 70.1 Å². The summed E-state index contributed by atoms with van der Waals surface area (Å²) in [5, 5.41) is 0. The summed E-state index contributed by atoms with van der Waals surface area (Å²) < 4.78 is 6.49. The molecule has 0 saturated carbocycles. The van der Waals surface area contributed by atoms with Crippen molar-refractivity contribution in [2.24, 2.45) is 0 Å². The zero-order chi connectivity index (χ0) is 23.7. The maximum absolute atomic E-state index is 12.9. The van der Waals surface area contributed by atoms with E-state index in [1.54, 1.807) is 0 Å². The average Bonchev–Trinajstić information content (AvgIpc) is 2.85. The van der Waals surface area contributed by atoms with Crippen LogP contribution in [0.4, 0.5) is 0 Å². The lowest BCUT2D eigenvalue weighted by atomic mass is 10.1. The third-order valence-electron chi connectivity index (χ3n) is 5.89. The molecule has 0 aliphatic carbocycles. The number of aryl methyl sites for hydroxylation is 3. The van der Waals surface area contributed by atoms with Crippen molar-refractivity contribution < 1.29 is 8.98 Å². The van der Waals surface area contributed by atoms with Crippen LogP contribution in [0.15, 0.2) is 87.5 Å². The summed E-state index contributed by atoms with van der Waals surface area (Å²) in [6.45, 7) is 8.46. The van der Waals surface area contributed by atoms with E-state index in [0.29, 0.717) is 6.42 Å². The van der Waals surface area contributed by atoms with Gasteiger partial charge in [-0.05, 0) is 82.7 Å². The van der Waals surface area contributed by atoms with Crippen LogP contribution in [0.3, 0.4) is 0 Å². The molecule has 0 unspecified atom stereocenters. The van der Waals surface area contributed by atoms with Crippen LogP contribution in [0.5, 0.6) is 0 Å². The van der Waals surface area contributed by atoms with E-state index in [9.17, 15) is 4.79 Å². The van der Waals surface area contributed by atoms with Gasteiger partial charge in [-0.15, -0.1) is 0 Å². The quantitative estimate of drug-likeness (QED) is 0.285.